The topological polar surface area (TPSA) is 84.5 Å². The van der Waals surface area contributed by atoms with Crippen LogP contribution in [0.15, 0.2) is 24.7 Å². The molecule has 0 amide bonds. The molecular formula is C20H29ClN6. The Labute approximate surface area is 166 Å². The Balaban J connectivity index is 0.00000210. The summed E-state index contributed by atoms with van der Waals surface area (Å²) in [6.07, 6.45) is 12.5. The normalized spacial score (nSPS) is 19.8. The number of anilines is 1. The predicted octanol–water partition coefficient (Wildman–Crippen LogP) is 4.02. The number of nitrogens with zero attached hydrogens (tertiary/aromatic N) is 3. The van der Waals surface area contributed by atoms with Crippen molar-refractivity contribution in [2.45, 2.75) is 57.5 Å². The first-order valence-corrected chi connectivity index (χ1v) is 9.65. The molecule has 0 aromatic carbocycles. The van der Waals surface area contributed by atoms with Crippen LogP contribution in [0.2, 0.25) is 0 Å². The Morgan fingerprint density at radius 2 is 2.04 bits per heavy atom. The minimum absolute atomic E-state index is 0. The molecule has 146 valence electrons. The van der Waals surface area contributed by atoms with Gasteiger partial charge in [0.05, 0.1) is 11.9 Å². The Morgan fingerprint density at radius 1 is 1.26 bits per heavy atom. The van der Waals surface area contributed by atoms with Crippen molar-refractivity contribution < 1.29 is 0 Å². The highest BCUT2D eigenvalue weighted by atomic mass is 35.5. The van der Waals surface area contributed by atoms with Gasteiger partial charge in [-0.2, -0.15) is 5.10 Å². The zero-order valence-corrected chi connectivity index (χ0v) is 16.9. The largest absolute Gasteiger partial charge is 0.381 e. The lowest BCUT2D eigenvalue weighted by atomic mass is 9.91. The number of nitrogens with two attached hydrogens (primary N) is 1. The molecule has 1 fully saturated rings. The minimum Gasteiger partial charge on any atom is -0.381 e. The lowest BCUT2D eigenvalue weighted by molar-refractivity contribution is 0.411. The standard InChI is InChI=1S/C20H28N6.ClH/c1-3-4-16-9-17-19(24-15-7-5-14(21)6-8-15)18(11-22-20(17)25-16)13-10-23-26(2)12-13;/h9-12,14-15H,3-8,21H2,1-2H3,(H2,22,24,25);1H/t14-,15-;. The van der Waals surface area contributed by atoms with Crippen LogP contribution >= 0.6 is 12.4 Å². The minimum atomic E-state index is 0. The van der Waals surface area contributed by atoms with Crippen LogP contribution < -0.4 is 11.1 Å². The van der Waals surface area contributed by atoms with Crippen LogP contribution in [0.4, 0.5) is 5.69 Å². The Bertz CT molecular complexity index is 891. The van der Waals surface area contributed by atoms with Crippen molar-refractivity contribution in [2.24, 2.45) is 12.8 Å². The maximum atomic E-state index is 6.09. The predicted molar refractivity (Wildman–Crippen MR) is 113 cm³/mol. The van der Waals surface area contributed by atoms with E-state index in [9.17, 15) is 0 Å². The average molecular weight is 389 g/mol. The maximum absolute atomic E-state index is 6.09. The summed E-state index contributed by atoms with van der Waals surface area (Å²) in [4.78, 5) is 8.16. The number of nitrogens with one attached hydrogen (secondary N) is 2. The molecule has 0 unspecified atom stereocenters. The van der Waals surface area contributed by atoms with Crippen molar-refractivity contribution in [1.29, 1.82) is 0 Å². The number of pyridine rings is 1. The fraction of sp³-hybridized carbons (Fsp3) is 0.500. The molecule has 6 nitrogen and oxygen atoms in total. The lowest BCUT2D eigenvalue weighted by Gasteiger charge is -2.28. The molecule has 1 aliphatic rings. The second-order valence-corrected chi connectivity index (χ2v) is 7.51. The molecule has 1 aliphatic carbocycles. The summed E-state index contributed by atoms with van der Waals surface area (Å²) in [7, 11) is 1.95. The number of hydrogen-bond donors (Lipinski definition) is 3. The molecule has 1 saturated carbocycles. The van der Waals surface area contributed by atoms with Gasteiger partial charge in [-0.05, 0) is 38.2 Å². The molecule has 0 saturated heterocycles. The summed E-state index contributed by atoms with van der Waals surface area (Å²) in [5, 5.41) is 9.34. The van der Waals surface area contributed by atoms with E-state index in [4.69, 9.17) is 5.73 Å². The Morgan fingerprint density at radius 3 is 2.70 bits per heavy atom. The average Bonchev–Trinajstić information content (AvgIpc) is 3.23. The third-order valence-electron chi connectivity index (χ3n) is 5.37. The molecule has 0 atom stereocenters. The first-order chi connectivity index (χ1) is 12.6. The van der Waals surface area contributed by atoms with Gasteiger partial charge in [-0.25, -0.2) is 4.98 Å². The molecule has 0 radical (unpaired) electrons. The Kier molecular flexibility index (Phi) is 6.07. The number of H-pyrrole nitrogens is 1. The van der Waals surface area contributed by atoms with Gasteiger partial charge in [0.2, 0.25) is 0 Å². The molecule has 0 spiro atoms. The molecule has 7 heteroatoms. The number of rotatable bonds is 5. The van der Waals surface area contributed by atoms with Crippen molar-refractivity contribution in [2.75, 3.05) is 5.32 Å². The van der Waals surface area contributed by atoms with E-state index in [1.54, 1.807) is 0 Å². The second-order valence-electron chi connectivity index (χ2n) is 7.51. The van der Waals surface area contributed by atoms with E-state index < -0.39 is 0 Å². The monoisotopic (exact) mass is 388 g/mol. The van der Waals surface area contributed by atoms with Gasteiger partial charge in [-0.3, -0.25) is 4.68 Å². The van der Waals surface area contributed by atoms with Gasteiger partial charge >= 0.3 is 0 Å². The maximum Gasteiger partial charge on any atom is 0.139 e. The van der Waals surface area contributed by atoms with E-state index in [0.29, 0.717) is 12.1 Å². The van der Waals surface area contributed by atoms with E-state index in [-0.39, 0.29) is 12.4 Å². The molecule has 3 aromatic heterocycles. The number of halogens is 1. The zero-order valence-electron chi connectivity index (χ0n) is 16.0. The highest BCUT2D eigenvalue weighted by molar-refractivity contribution is 5.98. The van der Waals surface area contributed by atoms with Crippen molar-refractivity contribution in [3.8, 4) is 11.1 Å². The summed E-state index contributed by atoms with van der Waals surface area (Å²) < 4.78 is 1.84. The molecule has 4 N–H and O–H groups in total. The molecule has 3 aromatic rings. The van der Waals surface area contributed by atoms with Gasteiger partial charge in [-0.1, -0.05) is 13.3 Å². The number of aromatic nitrogens is 4. The van der Waals surface area contributed by atoms with Crippen molar-refractivity contribution in [1.82, 2.24) is 19.7 Å². The lowest BCUT2D eigenvalue weighted by Crippen LogP contribution is -2.33. The quantitative estimate of drug-likeness (QED) is 0.616. The Hall–Kier alpha value is -2.05. The first-order valence-electron chi connectivity index (χ1n) is 9.65. The van der Waals surface area contributed by atoms with Gasteiger partial charge in [0.1, 0.15) is 5.65 Å². The summed E-state index contributed by atoms with van der Waals surface area (Å²) in [5.41, 5.74) is 11.7. The number of fused-ring (bicyclic) bond motifs is 1. The molecule has 27 heavy (non-hydrogen) atoms. The molecule has 4 rings (SSSR count). The van der Waals surface area contributed by atoms with Crippen LogP contribution in [0, 0.1) is 0 Å². The third-order valence-corrected chi connectivity index (χ3v) is 5.37. The highest BCUT2D eigenvalue weighted by Gasteiger charge is 2.22. The summed E-state index contributed by atoms with van der Waals surface area (Å²) in [5.74, 6) is 0. The van der Waals surface area contributed by atoms with Crippen molar-refractivity contribution in [3.05, 3.63) is 30.4 Å². The molecule has 0 aliphatic heterocycles. The van der Waals surface area contributed by atoms with E-state index >= 15 is 0 Å². The van der Waals surface area contributed by atoms with Crippen LogP contribution in [0.3, 0.4) is 0 Å². The highest BCUT2D eigenvalue weighted by Crippen LogP contribution is 2.36. The van der Waals surface area contributed by atoms with Crippen LogP contribution in [-0.2, 0) is 13.5 Å². The van der Waals surface area contributed by atoms with E-state index in [1.165, 1.54) is 16.8 Å². The fourth-order valence-electron chi connectivity index (χ4n) is 3.94. The van der Waals surface area contributed by atoms with Gasteiger partial charge < -0.3 is 16.0 Å². The number of hydrogen-bond acceptors (Lipinski definition) is 4. The van der Waals surface area contributed by atoms with E-state index in [2.05, 4.69) is 33.4 Å². The summed E-state index contributed by atoms with van der Waals surface area (Å²) in [6, 6.07) is 3.06. The SMILES string of the molecule is CCCc1cc2c(N[C@H]3CC[C@H](N)CC3)c(-c3cnn(C)c3)cnc2[nH]1.Cl. The fourth-order valence-corrected chi connectivity index (χ4v) is 3.94. The van der Waals surface area contributed by atoms with Crippen LogP contribution in [0.25, 0.3) is 22.2 Å². The summed E-state index contributed by atoms with van der Waals surface area (Å²) in [6.45, 7) is 2.20. The van der Waals surface area contributed by atoms with E-state index in [0.717, 1.165) is 55.3 Å². The smallest absolute Gasteiger partial charge is 0.139 e. The van der Waals surface area contributed by atoms with Crippen LogP contribution in [-0.4, -0.2) is 31.8 Å². The van der Waals surface area contributed by atoms with Gasteiger partial charge in [0, 0.05) is 53.7 Å². The van der Waals surface area contributed by atoms with Gasteiger partial charge in [0.25, 0.3) is 0 Å². The first kappa shape index (κ1) is 19.7. The third kappa shape index (κ3) is 4.12. The van der Waals surface area contributed by atoms with Crippen LogP contribution in [0.1, 0.15) is 44.7 Å². The second kappa shape index (κ2) is 8.31. The molecule has 3 heterocycles. The van der Waals surface area contributed by atoms with Crippen molar-refractivity contribution >= 4 is 29.1 Å². The van der Waals surface area contributed by atoms with Gasteiger partial charge in [0.15, 0.2) is 0 Å². The van der Waals surface area contributed by atoms with Crippen molar-refractivity contribution in [3.63, 3.8) is 0 Å². The summed E-state index contributed by atoms with van der Waals surface area (Å²) >= 11 is 0. The zero-order chi connectivity index (χ0) is 18.1. The van der Waals surface area contributed by atoms with E-state index in [1.807, 2.05) is 30.3 Å². The molecular weight excluding hydrogens is 360 g/mol. The molecule has 0 bridgehead atoms. The number of aryl methyl sites for hydroxylation is 2. The van der Waals surface area contributed by atoms with Gasteiger partial charge in [-0.15, -0.1) is 12.4 Å². The number of aromatic amines is 1. The van der Waals surface area contributed by atoms with Crippen LogP contribution in [0.5, 0.6) is 0 Å².